The van der Waals surface area contributed by atoms with Crippen LogP contribution in [0.15, 0.2) is 12.4 Å². The second-order valence-corrected chi connectivity index (χ2v) is 5.85. The first-order valence-corrected chi connectivity index (χ1v) is 7.16. The van der Waals surface area contributed by atoms with E-state index in [1.54, 1.807) is 12.4 Å². The highest BCUT2D eigenvalue weighted by molar-refractivity contribution is 5.33. The molecule has 0 bridgehead atoms. The fourth-order valence-electron chi connectivity index (χ4n) is 2.54. The summed E-state index contributed by atoms with van der Waals surface area (Å²) in [6.45, 7) is 7.09. The van der Waals surface area contributed by atoms with E-state index < -0.39 is 0 Å². The van der Waals surface area contributed by atoms with E-state index in [2.05, 4.69) is 34.0 Å². The van der Waals surface area contributed by atoms with Gasteiger partial charge in [-0.25, -0.2) is 9.97 Å². The molecule has 0 radical (unpaired) electrons. The molecule has 1 aromatic rings. The average Bonchev–Trinajstić information content (AvgIpc) is 3.20. The minimum atomic E-state index is 0.471. The third-order valence-electron chi connectivity index (χ3n) is 3.64. The maximum absolute atomic E-state index is 5.66. The molecule has 2 fully saturated rings. The fraction of sp³-hybridized carbons (Fsp3) is 0.714. The summed E-state index contributed by atoms with van der Waals surface area (Å²) in [6.07, 6.45) is 6.19. The van der Waals surface area contributed by atoms with Crippen molar-refractivity contribution in [2.75, 3.05) is 24.6 Å². The van der Waals surface area contributed by atoms with Crippen molar-refractivity contribution in [2.24, 2.45) is 5.92 Å². The van der Waals surface area contributed by atoms with Crippen LogP contribution in [-0.4, -0.2) is 41.7 Å². The van der Waals surface area contributed by atoms with Gasteiger partial charge in [0.1, 0.15) is 0 Å². The molecule has 104 valence electrons. The highest BCUT2D eigenvalue weighted by atomic mass is 16.5. The van der Waals surface area contributed by atoms with Gasteiger partial charge in [-0.1, -0.05) is 0 Å². The van der Waals surface area contributed by atoms with E-state index in [0.29, 0.717) is 12.1 Å². The highest BCUT2D eigenvalue weighted by Gasteiger charge is 2.23. The average molecular weight is 262 g/mol. The Hall–Kier alpha value is -1.36. The topological polar surface area (TPSA) is 50.3 Å². The van der Waals surface area contributed by atoms with Crippen LogP contribution in [0.5, 0.6) is 5.75 Å². The number of ether oxygens (including phenoxy) is 1. The quantitative estimate of drug-likeness (QED) is 0.890. The van der Waals surface area contributed by atoms with Gasteiger partial charge in [-0.05, 0) is 32.6 Å². The van der Waals surface area contributed by atoms with Gasteiger partial charge in [0.2, 0.25) is 5.95 Å². The lowest BCUT2D eigenvalue weighted by Gasteiger charge is -2.36. The number of nitrogens with zero attached hydrogens (tertiary/aromatic N) is 3. The number of piperazine rings is 1. The summed E-state index contributed by atoms with van der Waals surface area (Å²) in [7, 11) is 0. The molecule has 2 atom stereocenters. The van der Waals surface area contributed by atoms with Gasteiger partial charge in [0.15, 0.2) is 5.75 Å². The number of hydrogen-bond donors (Lipinski definition) is 1. The minimum absolute atomic E-state index is 0.471. The maximum Gasteiger partial charge on any atom is 0.225 e. The van der Waals surface area contributed by atoms with Crippen molar-refractivity contribution in [3.8, 4) is 5.75 Å². The lowest BCUT2D eigenvalue weighted by atomic mass is 10.1. The number of anilines is 1. The van der Waals surface area contributed by atoms with E-state index in [9.17, 15) is 0 Å². The Morgan fingerprint density at radius 3 is 2.42 bits per heavy atom. The van der Waals surface area contributed by atoms with Gasteiger partial charge >= 0.3 is 0 Å². The molecular formula is C14H22N4O. The summed E-state index contributed by atoms with van der Waals surface area (Å²) < 4.78 is 5.66. The van der Waals surface area contributed by atoms with Crippen LogP contribution < -0.4 is 15.0 Å². The van der Waals surface area contributed by atoms with Crippen LogP contribution in [-0.2, 0) is 0 Å². The molecule has 2 aliphatic rings. The van der Waals surface area contributed by atoms with Gasteiger partial charge < -0.3 is 15.0 Å². The number of hydrogen-bond acceptors (Lipinski definition) is 5. The standard InChI is InChI=1S/C14H22N4O/c1-10-7-18(8-11(2)17-10)14-15-5-13(6-16-14)19-9-12-3-4-12/h5-6,10-12,17H,3-4,7-9H2,1-2H3/t10-,11+. The Morgan fingerprint density at radius 2 is 1.84 bits per heavy atom. The molecule has 0 aromatic carbocycles. The van der Waals surface area contributed by atoms with Crippen molar-refractivity contribution in [1.29, 1.82) is 0 Å². The second-order valence-electron chi connectivity index (χ2n) is 5.85. The van der Waals surface area contributed by atoms with Crippen molar-refractivity contribution < 1.29 is 4.74 Å². The maximum atomic E-state index is 5.66. The van der Waals surface area contributed by atoms with E-state index in [0.717, 1.165) is 37.3 Å². The molecule has 0 spiro atoms. The van der Waals surface area contributed by atoms with Crippen molar-refractivity contribution in [3.63, 3.8) is 0 Å². The van der Waals surface area contributed by atoms with Gasteiger partial charge in [0.05, 0.1) is 19.0 Å². The molecule has 0 unspecified atom stereocenters. The van der Waals surface area contributed by atoms with Gasteiger partial charge in [-0.2, -0.15) is 0 Å². The molecule has 19 heavy (non-hydrogen) atoms. The van der Waals surface area contributed by atoms with E-state index in [-0.39, 0.29) is 0 Å². The molecule has 2 heterocycles. The Kier molecular flexibility index (Phi) is 3.55. The second kappa shape index (κ2) is 5.33. The Morgan fingerprint density at radius 1 is 1.21 bits per heavy atom. The van der Waals surface area contributed by atoms with Crippen molar-refractivity contribution in [1.82, 2.24) is 15.3 Å². The van der Waals surface area contributed by atoms with Crippen LogP contribution in [0, 0.1) is 5.92 Å². The number of nitrogens with one attached hydrogen (secondary N) is 1. The third kappa shape index (κ3) is 3.35. The smallest absolute Gasteiger partial charge is 0.225 e. The van der Waals surface area contributed by atoms with E-state index in [4.69, 9.17) is 4.74 Å². The third-order valence-corrected chi connectivity index (χ3v) is 3.64. The van der Waals surface area contributed by atoms with Gasteiger partial charge in [-0.15, -0.1) is 0 Å². The predicted molar refractivity (Wildman–Crippen MR) is 74.5 cm³/mol. The first-order valence-electron chi connectivity index (χ1n) is 7.16. The SMILES string of the molecule is C[C@@H]1CN(c2ncc(OCC3CC3)cn2)C[C@H](C)N1. The molecule has 5 heteroatoms. The van der Waals surface area contributed by atoms with Crippen LogP contribution >= 0.6 is 0 Å². The highest BCUT2D eigenvalue weighted by Crippen LogP contribution is 2.29. The molecule has 1 aliphatic carbocycles. The summed E-state index contributed by atoms with van der Waals surface area (Å²) in [4.78, 5) is 11.1. The van der Waals surface area contributed by atoms with Crippen molar-refractivity contribution in [3.05, 3.63) is 12.4 Å². The van der Waals surface area contributed by atoms with Gasteiger partial charge in [0.25, 0.3) is 0 Å². The molecule has 1 aliphatic heterocycles. The largest absolute Gasteiger partial charge is 0.490 e. The molecule has 1 N–H and O–H groups in total. The summed E-state index contributed by atoms with van der Waals surface area (Å²) in [5.41, 5.74) is 0. The van der Waals surface area contributed by atoms with Crippen molar-refractivity contribution >= 4 is 5.95 Å². The molecular weight excluding hydrogens is 240 g/mol. The van der Waals surface area contributed by atoms with Crippen LogP contribution in [0.2, 0.25) is 0 Å². The lowest BCUT2D eigenvalue weighted by molar-refractivity contribution is 0.297. The van der Waals surface area contributed by atoms with Gasteiger partial charge in [0, 0.05) is 25.2 Å². The van der Waals surface area contributed by atoms with E-state index in [1.165, 1.54) is 12.8 Å². The van der Waals surface area contributed by atoms with E-state index >= 15 is 0 Å². The lowest BCUT2D eigenvalue weighted by Crippen LogP contribution is -2.54. The Balaban J connectivity index is 1.60. The molecule has 1 aromatic heterocycles. The summed E-state index contributed by atoms with van der Waals surface area (Å²) in [5.74, 6) is 2.35. The molecule has 3 rings (SSSR count). The van der Waals surface area contributed by atoms with E-state index in [1.807, 2.05) is 0 Å². The van der Waals surface area contributed by atoms with Gasteiger partial charge in [-0.3, -0.25) is 0 Å². The molecule has 1 saturated carbocycles. The number of aromatic nitrogens is 2. The first-order chi connectivity index (χ1) is 9.20. The first kappa shape index (κ1) is 12.7. The minimum Gasteiger partial charge on any atom is -0.490 e. The molecule has 5 nitrogen and oxygen atoms in total. The normalized spacial score (nSPS) is 27.4. The van der Waals surface area contributed by atoms with Crippen LogP contribution in [0.1, 0.15) is 26.7 Å². The zero-order chi connectivity index (χ0) is 13.2. The van der Waals surface area contributed by atoms with Crippen LogP contribution in [0.3, 0.4) is 0 Å². The Labute approximate surface area is 114 Å². The monoisotopic (exact) mass is 262 g/mol. The number of rotatable bonds is 4. The van der Waals surface area contributed by atoms with Crippen LogP contribution in [0.4, 0.5) is 5.95 Å². The summed E-state index contributed by atoms with van der Waals surface area (Å²) in [5, 5.41) is 3.51. The summed E-state index contributed by atoms with van der Waals surface area (Å²) >= 11 is 0. The zero-order valence-electron chi connectivity index (χ0n) is 11.7. The summed E-state index contributed by atoms with van der Waals surface area (Å²) in [6, 6.07) is 0.941. The predicted octanol–water partition coefficient (Wildman–Crippen LogP) is 1.45. The molecule has 1 saturated heterocycles. The van der Waals surface area contributed by atoms with Crippen molar-refractivity contribution in [2.45, 2.75) is 38.8 Å². The Bertz CT molecular complexity index is 408. The zero-order valence-corrected chi connectivity index (χ0v) is 11.7. The van der Waals surface area contributed by atoms with Crippen LogP contribution in [0.25, 0.3) is 0 Å². The fourth-order valence-corrected chi connectivity index (χ4v) is 2.54. The molecule has 0 amide bonds.